The van der Waals surface area contributed by atoms with Gasteiger partial charge in [-0.25, -0.2) is 4.57 Å². The highest BCUT2D eigenvalue weighted by atomic mass is 31.2. The Morgan fingerprint density at radius 3 is 1.63 bits per heavy atom. The van der Waals surface area contributed by atoms with Crippen molar-refractivity contribution in [3.05, 3.63) is 109 Å². The number of esters is 2. The molecule has 0 aliphatic heterocycles. The number of phosphoric acid groups is 1. The van der Waals surface area contributed by atoms with Gasteiger partial charge in [0.25, 0.3) is 0 Å². The quantitative estimate of drug-likeness (QED) is 0.0291. The average molecular weight is 744 g/mol. The maximum Gasteiger partial charge on any atom is 0.472 e. The highest BCUT2D eigenvalue weighted by Gasteiger charge is 2.25. The van der Waals surface area contributed by atoms with Crippen LogP contribution in [0.15, 0.2) is 109 Å². The average Bonchev–Trinajstić information content (AvgIpc) is 3.13. The monoisotopic (exact) mass is 743 g/mol. The Hall–Kier alpha value is -3.33. The molecule has 0 aliphatic rings. The lowest BCUT2D eigenvalue weighted by molar-refractivity contribution is -0.161. The second-order valence-electron chi connectivity index (χ2n) is 11.9. The lowest BCUT2D eigenvalue weighted by Gasteiger charge is -2.19. The summed E-state index contributed by atoms with van der Waals surface area (Å²) < 4.78 is 32.5. The maximum absolute atomic E-state index is 12.5. The van der Waals surface area contributed by atoms with E-state index in [2.05, 4.69) is 50.3 Å². The fourth-order valence-corrected chi connectivity index (χ4v) is 5.09. The number of unbranched alkanes of at least 4 members (excludes halogenated alkanes) is 9. The van der Waals surface area contributed by atoms with E-state index in [-0.39, 0.29) is 32.6 Å². The molecule has 0 saturated carbocycles. The number of rotatable bonds is 33. The van der Waals surface area contributed by atoms with Crippen molar-refractivity contribution in [3.63, 3.8) is 0 Å². The van der Waals surface area contributed by atoms with Gasteiger partial charge in [-0.2, -0.15) is 0 Å². The van der Waals surface area contributed by atoms with Crippen molar-refractivity contribution in [2.75, 3.05) is 26.4 Å². The Morgan fingerprint density at radius 1 is 0.596 bits per heavy atom. The van der Waals surface area contributed by atoms with Crippen LogP contribution >= 0.6 is 7.82 Å². The molecule has 0 aliphatic carbocycles. The molecule has 0 saturated heterocycles. The number of hydrogen-bond donors (Lipinski definition) is 2. The van der Waals surface area contributed by atoms with Gasteiger partial charge in [0.15, 0.2) is 6.10 Å². The molecule has 292 valence electrons. The molecule has 0 spiro atoms. The van der Waals surface area contributed by atoms with Crippen molar-refractivity contribution in [3.8, 4) is 0 Å². The molecule has 10 heteroatoms. The zero-order valence-corrected chi connectivity index (χ0v) is 32.6. The van der Waals surface area contributed by atoms with E-state index in [0.29, 0.717) is 19.3 Å². The smallest absolute Gasteiger partial charge is 0.462 e. The van der Waals surface area contributed by atoms with Gasteiger partial charge < -0.3 is 20.1 Å². The molecule has 0 rings (SSSR count). The molecule has 0 aromatic carbocycles. The van der Waals surface area contributed by atoms with E-state index in [1.54, 1.807) is 0 Å². The standard InChI is InChI=1S/C42H66NO8P/c1-3-5-7-9-11-13-15-17-18-19-20-21-23-24-26-28-30-32-34-41(44)48-38-40(39-50-52(46,47)49-37-36-43)51-42(45)35-33-31-29-27-25-22-16-14-12-10-8-6-4-2/h6,8,10-22,25,27,29,40H,3-5,7,9,23-24,26,28,30-39,43H2,1-2H3,(H,46,47)/b8-6+,12-10+,13-11+,16-14+,17-15+,19-18+,21-20+,25-22+,29-27+. The first kappa shape index (κ1) is 48.7. The van der Waals surface area contributed by atoms with Gasteiger partial charge in [0.05, 0.1) is 13.2 Å². The summed E-state index contributed by atoms with van der Waals surface area (Å²) in [5, 5.41) is 0. The van der Waals surface area contributed by atoms with Crippen LogP contribution in [0.2, 0.25) is 0 Å². The molecule has 0 heterocycles. The lowest BCUT2D eigenvalue weighted by Crippen LogP contribution is -2.29. The SMILES string of the molecule is CC/C=C/C=C/C=C/C=C/C=C/CCCC(=O)OC(COC(=O)CCCCCCC/C=C/C=C/C=C/C=C/CCCCC)COP(=O)(O)OCCN. The van der Waals surface area contributed by atoms with E-state index in [4.69, 9.17) is 24.3 Å². The van der Waals surface area contributed by atoms with Gasteiger partial charge in [0, 0.05) is 19.4 Å². The van der Waals surface area contributed by atoms with Gasteiger partial charge in [-0.1, -0.05) is 155 Å². The summed E-state index contributed by atoms with van der Waals surface area (Å²) in [6.07, 6.45) is 48.4. The number of carbonyl (C=O) groups excluding carboxylic acids is 2. The Labute approximate surface area is 314 Å². The molecule has 0 aromatic heterocycles. The maximum atomic E-state index is 12.5. The van der Waals surface area contributed by atoms with Crippen molar-refractivity contribution < 1.29 is 37.6 Å². The summed E-state index contributed by atoms with van der Waals surface area (Å²) in [5.74, 6) is -0.958. The van der Waals surface area contributed by atoms with E-state index in [1.165, 1.54) is 19.3 Å². The third kappa shape index (κ3) is 36.5. The van der Waals surface area contributed by atoms with E-state index < -0.39 is 32.5 Å². The third-order valence-electron chi connectivity index (χ3n) is 7.12. The first-order valence-corrected chi connectivity index (χ1v) is 20.5. The van der Waals surface area contributed by atoms with Crippen LogP contribution in [-0.4, -0.2) is 49.3 Å². The lowest BCUT2D eigenvalue weighted by atomic mass is 10.1. The second kappa shape index (κ2) is 37.4. The van der Waals surface area contributed by atoms with Crippen LogP contribution < -0.4 is 5.73 Å². The molecule has 3 N–H and O–H groups in total. The van der Waals surface area contributed by atoms with Crippen LogP contribution in [0.1, 0.15) is 110 Å². The van der Waals surface area contributed by atoms with Crippen LogP contribution in [0.3, 0.4) is 0 Å². The minimum atomic E-state index is -4.41. The molecule has 0 fully saturated rings. The number of phosphoric ester groups is 1. The fourth-order valence-electron chi connectivity index (χ4n) is 4.32. The Kier molecular flexibility index (Phi) is 35.0. The number of hydrogen-bond acceptors (Lipinski definition) is 8. The topological polar surface area (TPSA) is 134 Å². The zero-order chi connectivity index (χ0) is 38.2. The van der Waals surface area contributed by atoms with Crippen molar-refractivity contribution >= 4 is 19.8 Å². The third-order valence-corrected chi connectivity index (χ3v) is 8.10. The van der Waals surface area contributed by atoms with Crippen molar-refractivity contribution in [1.29, 1.82) is 0 Å². The minimum Gasteiger partial charge on any atom is -0.462 e. The van der Waals surface area contributed by atoms with Gasteiger partial charge in [-0.3, -0.25) is 18.6 Å². The van der Waals surface area contributed by atoms with Gasteiger partial charge in [-0.15, -0.1) is 0 Å². The summed E-state index contributed by atoms with van der Waals surface area (Å²) in [7, 11) is -4.41. The van der Waals surface area contributed by atoms with Gasteiger partial charge in [-0.05, 0) is 51.4 Å². The summed E-state index contributed by atoms with van der Waals surface area (Å²) in [4.78, 5) is 34.7. The summed E-state index contributed by atoms with van der Waals surface area (Å²) >= 11 is 0. The van der Waals surface area contributed by atoms with Crippen LogP contribution in [0.5, 0.6) is 0 Å². The number of ether oxygens (including phenoxy) is 2. The van der Waals surface area contributed by atoms with Gasteiger partial charge in [0.2, 0.25) is 0 Å². The molecule has 0 radical (unpaired) electrons. The highest BCUT2D eigenvalue weighted by Crippen LogP contribution is 2.43. The van der Waals surface area contributed by atoms with E-state index in [9.17, 15) is 19.0 Å². The molecule has 0 bridgehead atoms. The number of allylic oxidation sites excluding steroid dienone is 18. The van der Waals surface area contributed by atoms with E-state index in [1.807, 2.05) is 72.9 Å². The van der Waals surface area contributed by atoms with Crippen LogP contribution in [0, 0.1) is 0 Å². The predicted molar refractivity (Wildman–Crippen MR) is 214 cm³/mol. The summed E-state index contributed by atoms with van der Waals surface area (Å²) in [6.45, 7) is 3.38. The fraction of sp³-hybridized carbons (Fsp3) is 0.524. The predicted octanol–water partition coefficient (Wildman–Crippen LogP) is 10.4. The van der Waals surface area contributed by atoms with Crippen LogP contribution in [-0.2, 0) is 32.7 Å². The Balaban J connectivity index is 4.41. The first-order valence-electron chi connectivity index (χ1n) is 19.0. The summed E-state index contributed by atoms with van der Waals surface area (Å²) in [6, 6.07) is 0. The van der Waals surface area contributed by atoms with Crippen molar-refractivity contribution in [2.24, 2.45) is 5.73 Å². The molecule has 0 amide bonds. The number of carbonyl (C=O) groups is 2. The van der Waals surface area contributed by atoms with Crippen LogP contribution in [0.25, 0.3) is 0 Å². The van der Waals surface area contributed by atoms with Crippen LogP contribution in [0.4, 0.5) is 0 Å². The van der Waals surface area contributed by atoms with Crippen molar-refractivity contribution in [1.82, 2.24) is 0 Å². The Morgan fingerprint density at radius 2 is 1.08 bits per heavy atom. The zero-order valence-electron chi connectivity index (χ0n) is 31.7. The van der Waals surface area contributed by atoms with Crippen molar-refractivity contribution in [2.45, 2.75) is 116 Å². The van der Waals surface area contributed by atoms with E-state index in [0.717, 1.165) is 44.9 Å². The normalized spacial score (nSPS) is 14.6. The first-order chi connectivity index (χ1) is 25.3. The highest BCUT2D eigenvalue weighted by molar-refractivity contribution is 7.47. The minimum absolute atomic E-state index is 0.0313. The number of nitrogens with two attached hydrogens (primary N) is 1. The molecule has 52 heavy (non-hydrogen) atoms. The molecular weight excluding hydrogens is 677 g/mol. The molecule has 0 aromatic rings. The van der Waals surface area contributed by atoms with Gasteiger partial charge >= 0.3 is 19.8 Å². The van der Waals surface area contributed by atoms with E-state index >= 15 is 0 Å². The molecular formula is C42H66NO8P. The van der Waals surface area contributed by atoms with Gasteiger partial charge in [0.1, 0.15) is 6.61 Å². The Bertz CT molecular complexity index is 1210. The molecule has 9 nitrogen and oxygen atoms in total. The molecule has 2 unspecified atom stereocenters. The molecule has 2 atom stereocenters. The summed E-state index contributed by atoms with van der Waals surface area (Å²) in [5.41, 5.74) is 5.32. The largest absolute Gasteiger partial charge is 0.472 e. The second-order valence-corrected chi connectivity index (χ2v) is 13.4.